The average Bonchev–Trinajstić information content (AvgIpc) is 2.26. The van der Waals surface area contributed by atoms with E-state index in [1.165, 1.54) is 12.8 Å². The minimum atomic E-state index is 0.567. The number of hydrogen-bond donors (Lipinski definition) is 1. The molecule has 1 atom stereocenters. The van der Waals surface area contributed by atoms with E-state index in [0.717, 1.165) is 18.1 Å². The Kier molecular flexibility index (Phi) is 4.96. The van der Waals surface area contributed by atoms with Crippen molar-refractivity contribution in [3.63, 3.8) is 0 Å². The quantitative estimate of drug-likeness (QED) is 0.754. The first-order chi connectivity index (χ1) is 7.65. The standard InChI is InChI=1S/C13H21NO2/c1-4-5-10(2)9-16-13-7-11(14)6-12(8-13)15-3/h6-8,10H,4-5,9,14H2,1-3H3. The van der Waals surface area contributed by atoms with Crippen molar-refractivity contribution in [3.05, 3.63) is 18.2 Å². The highest BCUT2D eigenvalue weighted by Gasteiger charge is 2.04. The molecule has 1 aromatic rings. The summed E-state index contributed by atoms with van der Waals surface area (Å²) in [6.45, 7) is 5.09. The first kappa shape index (κ1) is 12.7. The minimum Gasteiger partial charge on any atom is -0.497 e. The van der Waals surface area contributed by atoms with E-state index in [-0.39, 0.29) is 0 Å². The fourth-order valence-electron chi connectivity index (χ4n) is 1.61. The van der Waals surface area contributed by atoms with Gasteiger partial charge in [0.05, 0.1) is 13.7 Å². The fraction of sp³-hybridized carbons (Fsp3) is 0.538. The Morgan fingerprint density at radius 2 is 1.94 bits per heavy atom. The summed E-state index contributed by atoms with van der Waals surface area (Å²) in [5, 5.41) is 0. The van der Waals surface area contributed by atoms with Crippen molar-refractivity contribution in [2.75, 3.05) is 19.5 Å². The van der Waals surface area contributed by atoms with Gasteiger partial charge in [-0.15, -0.1) is 0 Å². The molecule has 0 heterocycles. The van der Waals surface area contributed by atoms with Crippen LogP contribution in [0.3, 0.4) is 0 Å². The third-order valence-corrected chi connectivity index (χ3v) is 2.45. The average molecular weight is 223 g/mol. The first-order valence-electron chi connectivity index (χ1n) is 5.73. The zero-order chi connectivity index (χ0) is 12.0. The van der Waals surface area contributed by atoms with E-state index in [9.17, 15) is 0 Å². The van der Waals surface area contributed by atoms with E-state index in [1.807, 2.05) is 12.1 Å². The second-order valence-electron chi connectivity index (χ2n) is 4.15. The molecule has 0 aliphatic rings. The van der Waals surface area contributed by atoms with Crippen LogP contribution in [0.5, 0.6) is 11.5 Å². The van der Waals surface area contributed by atoms with Gasteiger partial charge in [0.25, 0.3) is 0 Å². The highest BCUT2D eigenvalue weighted by molar-refractivity contribution is 5.50. The molecule has 0 aromatic heterocycles. The maximum Gasteiger partial charge on any atom is 0.125 e. The lowest BCUT2D eigenvalue weighted by atomic mass is 10.1. The topological polar surface area (TPSA) is 44.5 Å². The molecule has 0 spiro atoms. The Hall–Kier alpha value is -1.38. The van der Waals surface area contributed by atoms with Gasteiger partial charge >= 0.3 is 0 Å². The highest BCUT2D eigenvalue weighted by Crippen LogP contribution is 2.24. The first-order valence-corrected chi connectivity index (χ1v) is 5.73. The Labute approximate surface area is 97.6 Å². The molecule has 0 aliphatic carbocycles. The molecule has 1 rings (SSSR count). The molecule has 1 aromatic carbocycles. The van der Waals surface area contributed by atoms with Crippen molar-refractivity contribution < 1.29 is 9.47 Å². The Morgan fingerprint density at radius 1 is 1.25 bits per heavy atom. The van der Waals surface area contributed by atoms with Gasteiger partial charge < -0.3 is 15.2 Å². The maximum absolute atomic E-state index is 5.74. The molecule has 2 N–H and O–H groups in total. The van der Waals surface area contributed by atoms with E-state index < -0.39 is 0 Å². The molecule has 0 amide bonds. The second kappa shape index (κ2) is 6.26. The zero-order valence-electron chi connectivity index (χ0n) is 10.3. The van der Waals surface area contributed by atoms with Gasteiger partial charge in [-0.1, -0.05) is 20.3 Å². The third-order valence-electron chi connectivity index (χ3n) is 2.45. The lowest BCUT2D eigenvalue weighted by molar-refractivity contribution is 0.250. The molecule has 16 heavy (non-hydrogen) atoms. The van der Waals surface area contributed by atoms with Gasteiger partial charge in [0, 0.05) is 23.9 Å². The van der Waals surface area contributed by atoms with Crippen LogP contribution in [0.1, 0.15) is 26.7 Å². The van der Waals surface area contributed by atoms with Gasteiger partial charge in [-0.25, -0.2) is 0 Å². The molecule has 3 heteroatoms. The van der Waals surface area contributed by atoms with Gasteiger partial charge in [0.2, 0.25) is 0 Å². The van der Waals surface area contributed by atoms with Gasteiger partial charge in [0.1, 0.15) is 11.5 Å². The molecular formula is C13H21NO2. The largest absolute Gasteiger partial charge is 0.497 e. The Balaban J connectivity index is 2.56. The predicted molar refractivity (Wildman–Crippen MR) is 67.0 cm³/mol. The maximum atomic E-state index is 5.74. The van der Waals surface area contributed by atoms with Crippen molar-refractivity contribution in [1.82, 2.24) is 0 Å². The summed E-state index contributed by atoms with van der Waals surface area (Å²) >= 11 is 0. The number of nitrogens with two attached hydrogens (primary N) is 1. The van der Waals surface area contributed by atoms with Gasteiger partial charge in [-0.3, -0.25) is 0 Å². The van der Waals surface area contributed by atoms with Gasteiger partial charge in [0.15, 0.2) is 0 Å². The van der Waals surface area contributed by atoms with E-state index in [2.05, 4.69) is 13.8 Å². The SMILES string of the molecule is CCCC(C)COc1cc(N)cc(OC)c1. The van der Waals surface area contributed by atoms with Crippen LogP contribution in [0.25, 0.3) is 0 Å². The molecule has 0 radical (unpaired) electrons. The summed E-state index contributed by atoms with van der Waals surface area (Å²) in [7, 11) is 1.62. The van der Waals surface area contributed by atoms with Crippen LogP contribution in [0.2, 0.25) is 0 Å². The van der Waals surface area contributed by atoms with Crippen molar-refractivity contribution >= 4 is 5.69 Å². The highest BCUT2D eigenvalue weighted by atomic mass is 16.5. The Bertz CT molecular complexity index is 326. The van der Waals surface area contributed by atoms with Crippen molar-refractivity contribution in [2.24, 2.45) is 5.92 Å². The van der Waals surface area contributed by atoms with Crippen LogP contribution in [-0.4, -0.2) is 13.7 Å². The van der Waals surface area contributed by atoms with Crippen LogP contribution in [0.15, 0.2) is 18.2 Å². The molecule has 90 valence electrons. The number of anilines is 1. The van der Waals surface area contributed by atoms with Gasteiger partial charge in [-0.05, 0) is 12.3 Å². The second-order valence-corrected chi connectivity index (χ2v) is 4.15. The van der Waals surface area contributed by atoms with Crippen LogP contribution in [0, 0.1) is 5.92 Å². The lowest BCUT2D eigenvalue weighted by Crippen LogP contribution is -2.08. The molecule has 3 nitrogen and oxygen atoms in total. The molecule has 0 saturated heterocycles. The molecular weight excluding hydrogens is 202 g/mol. The zero-order valence-corrected chi connectivity index (χ0v) is 10.3. The summed E-state index contributed by atoms with van der Waals surface area (Å²) in [6.07, 6.45) is 2.37. The van der Waals surface area contributed by atoms with Crippen LogP contribution in [-0.2, 0) is 0 Å². The van der Waals surface area contributed by atoms with Crippen LogP contribution < -0.4 is 15.2 Å². The number of hydrogen-bond acceptors (Lipinski definition) is 3. The number of nitrogen functional groups attached to an aromatic ring is 1. The number of benzene rings is 1. The van der Waals surface area contributed by atoms with Crippen molar-refractivity contribution in [1.29, 1.82) is 0 Å². The summed E-state index contributed by atoms with van der Waals surface area (Å²) in [5.41, 5.74) is 6.40. The molecule has 0 aliphatic heterocycles. The van der Waals surface area contributed by atoms with Crippen LogP contribution in [0.4, 0.5) is 5.69 Å². The van der Waals surface area contributed by atoms with E-state index in [4.69, 9.17) is 15.2 Å². The lowest BCUT2D eigenvalue weighted by Gasteiger charge is -2.13. The monoisotopic (exact) mass is 223 g/mol. The number of methoxy groups -OCH3 is 1. The van der Waals surface area contributed by atoms with Crippen molar-refractivity contribution in [3.8, 4) is 11.5 Å². The summed E-state index contributed by atoms with van der Waals surface area (Å²) in [5.74, 6) is 2.08. The normalized spacial score (nSPS) is 12.2. The minimum absolute atomic E-state index is 0.567. The molecule has 0 saturated carbocycles. The van der Waals surface area contributed by atoms with E-state index >= 15 is 0 Å². The predicted octanol–water partition coefficient (Wildman–Crippen LogP) is 3.09. The number of rotatable bonds is 6. The fourth-order valence-corrected chi connectivity index (χ4v) is 1.61. The van der Waals surface area contributed by atoms with Crippen LogP contribution >= 0.6 is 0 Å². The third kappa shape index (κ3) is 4.01. The molecule has 0 fully saturated rings. The van der Waals surface area contributed by atoms with Gasteiger partial charge in [-0.2, -0.15) is 0 Å². The Morgan fingerprint density at radius 3 is 2.56 bits per heavy atom. The summed E-state index contributed by atoms with van der Waals surface area (Å²) in [4.78, 5) is 0. The smallest absolute Gasteiger partial charge is 0.125 e. The van der Waals surface area contributed by atoms with E-state index in [0.29, 0.717) is 11.6 Å². The van der Waals surface area contributed by atoms with Crippen molar-refractivity contribution in [2.45, 2.75) is 26.7 Å². The van der Waals surface area contributed by atoms with E-state index in [1.54, 1.807) is 13.2 Å². The molecule has 0 bridgehead atoms. The molecule has 1 unspecified atom stereocenters. The summed E-state index contributed by atoms with van der Waals surface area (Å²) < 4.78 is 10.8. The summed E-state index contributed by atoms with van der Waals surface area (Å²) in [6, 6.07) is 5.46. The number of ether oxygens (including phenoxy) is 2.